The largest absolute Gasteiger partial charge is 0.355 e. The van der Waals surface area contributed by atoms with Gasteiger partial charge in [0.25, 0.3) is 0 Å². The third kappa shape index (κ3) is 8.76. The summed E-state index contributed by atoms with van der Waals surface area (Å²) in [5, 5.41) is 5.12. The molecule has 2 spiro atoms. The number of halogens is 1. The van der Waals surface area contributed by atoms with Gasteiger partial charge in [0.1, 0.15) is 0 Å². The highest BCUT2D eigenvalue weighted by Gasteiger charge is 2.56. The van der Waals surface area contributed by atoms with Crippen molar-refractivity contribution < 1.29 is 0 Å². The van der Waals surface area contributed by atoms with Crippen LogP contribution in [0.4, 0.5) is 0 Å². The van der Waals surface area contributed by atoms with Crippen LogP contribution < -0.4 is 0 Å². The van der Waals surface area contributed by atoms with Crippen molar-refractivity contribution in [1.29, 1.82) is 0 Å². The normalized spacial score (nSPS) is 13.2. The fraction of sp³-hybridized carbons (Fsp3) is 0.0213. The van der Waals surface area contributed by atoms with Crippen LogP contribution in [0.5, 0.6) is 0 Å². The molecular formula is C94H59BrN6. The predicted octanol–water partition coefficient (Wildman–Crippen LogP) is 23.5. The molecule has 0 amide bonds. The highest BCUT2D eigenvalue weighted by molar-refractivity contribution is 9.10. The molecule has 0 saturated carbocycles. The summed E-state index contributed by atoms with van der Waals surface area (Å²) in [4.78, 5) is 25.0. The van der Waals surface area contributed by atoms with Crippen LogP contribution in [0.2, 0.25) is 0 Å². The van der Waals surface area contributed by atoms with E-state index in [1.165, 1.54) is 110 Å². The lowest BCUT2D eigenvalue weighted by molar-refractivity contribution is 0.788. The summed E-state index contributed by atoms with van der Waals surface area (Å²) in [7, 11) is 0. The van der Waals surface area contributed by atoms with Crippen molar-refractivity contribution in [2.75, 3.05) is 0 Å². The molecule has 0 saturated heterocycles. The van der Waals surface area contributed by atoms with E-state index < -0.39 is 10.8 Å². The number of nitrogens with one attached hydrogen (secondary N) is 1. The van der Waals surface area contributed by atoms with Crippen LogP contribution >= 0.6 is 15.9 Å². The Morgan fingerprint density at radius 2 is 0.545 bits per heavy atom. The summed E-state index contributed by atoms with van der Waals surface area (Å²) in [5.74, 6) is 1.46. The summed E-state index contributed by atoms with van der Waals surface area (Å²) in [6.07, 6.45) is 0. The van der Waals surface area contributed by atoms with E-state index in [2.05, 4.69) is 365 Å². The number of hydrogen-bond acceptors (Lipinski definition) is 4. The fourth-order valence-corrected chi connectivity index (χ4v) is 17.4. The smallest absolute Gasteiger partial charge is 0.160 e. The molecule has 18 aromatic rings. The van der Waals surface area contributed by atoms with E-state index in [9.17, 15) is 0 Å². The third-order valence-electron chi connectivity index (χ3n) is 21.2. The second-order valence-corrected chi connectivity index (χ2v) is 27.3. The van der Waals surface area contributed by atoms with E-state index in [0.29, 0.717) is 0 Å². The summed E-state index contributed by atoms with van der Waals surface area (Å²) >= 11 is 3.57. The zero-order valence-corrected chi connectivity index (χ0v) is 56.2. The number of hydrogen-bond donors (Lipinski definition) is 1. The zero-order chi connectivity index (χ0) is 66.8. The summed E-state index contributed by atoms with van der Waals surface area (Å²) in [5.41, 5.74) is 30.5. The van der Waals surface area contributed by atoms with Gasteiger partial charge in [-0.1, -0.05) is 307 Å². The second kappa shape index (κ2) is 23.2. The van der Waals surface area contributed by atoms with E-state index >= 15 is 0 Å². The maximum absolute atomic E-state index is 5.51. The molecule has 22 rings (SSSR count). The van der Waals surface area contributed by atoms with Gasteiger partial charge in [0, 0.05) is 87.2 Å². The van der Waals surface area contributed by atoms with Crippen molar-refractivity contribution in [1.82, 2.24) is 29.5 Å². The molecule has 0 bridgehead atoms. The SMILES string of the molecule is Brc1ccc(-c2nc(-c3ccccc3)c3c(n2)-c2ccccc2C32c3ccccc3-c3ccccc32)cc1.c1ccc(-c2nc(-c3ccc(-n4c5ccccc5c5ccccc54)cc3)nc3c2C2(c4ccccc4-c4ccccc42)c2ccccc2-3)cc1.c1ccc2c(c1)[nH]c1ccccc12. The van der Waals surface area contributed by atoms with Gasteiger partial charge in [-0.05, 0) is 116 Å². The number of aromatic nitrogens is 6. The minimum atomic E-state index is -0.525. The first-order valence-corrected chi connectivity index (χ1v) is 35.2. The molecule has 472 valence electrons. The van der Waals surface area contributed by atoms with E-state index in [1.54, 1.807) is 0 Å². The third-order valence-corrected chi connectivity index (χ3v) is 21.7. The van der Waals surface area contributed by atoms with Crippen LogP contribution in [0.15, 0.2) is 356 Å². The van der Waals surface area contributed by atoms with Gasteiger partial charge in [-0.2, -0.15) is 0 Å². The molecule has 6 nitrogen and oxygen atoms in total. The van der Waals surface area contributed by atoms with Gasteiger partial charge in [-0.3, -0.25) is 0 Å². The Hall–Kier alpha value is -12.7. The van der Waals surface area contributed by atoms with Gasteiger partial charge in [0.05, 0.1) is 44.6 Å². The van der Waals surface area contributed by atoms with Crippen molar-refractivity contribution in [3.63, 3.8) is 0 Å². The van der Waals surface area contributed by atoms with Crippen molar-refractivity contribution in [2.45, 2.75) is 10.8 Å². The molecule has 0 atom stereocenters. The van der Waals surface area contributed by atoms with Gasteiger partial charge in [0.2, 0.25) is 0 Å². The van der Waals surface area contributed by atoms with Gasteiger partial charge < -0.3 is 9.55 Å². The van der Waals surface area contributed by atoms with Crippen molar-refractivity contribution in [3.05, 3.63) is 401 Å². The Labute approximate surface area is 592 Å². The van der Waals surface area contributed by atoms with Crippen LogP contribution in [-0.4, -0.2) is 29.5 Å². The molecule has 4 aliphatic rings. The van der Waals surface area contributed by atoms with Crippen LogP contribution in [0.3, 0.4) is 0 Å². The number of para-hydroxylation sites is 4. The maximum atomic E-state index is 5.51. The first kappa shape index (κ1) is 58.5. The Kier molecular flexibility index (Phi) is 13.5. The topological polar surface area (TPSA) is 72.3 Å². The maximum Gasteiger partial charge on any atom is 0.160 e. The van der Waals surface area contributed by atoms with Gasteiger partial charge in [-0.25, -0.2) is 19.9 Å². The minimum Gasteiger partial charge on any atom is -0.355 e. The van der Waals surface area contributed by atoms with Crippen LogP contribution in [-0.2, 0) is 10.8 Å². The summed E-state index contributed by atoms with van der Waals surface area (Å²) in [6, 6.07) is 125. The molecule has 0 fully saturated rings. The van der Waals surface area contributed by atoms with E-state index in [4.69, 9.17) is 19.9 Å². The Balaban J connectivity index is 0.000000118. The lowest BCUT2D eigenvalue weighted by Gasteiger charge is -2.31. The first-order valence-electron chi connectivity index (χ1n) is 34.4. The zero-order valence-electron chi connectivity index (χ0n) is 54.6. The summed E-state index contributed by atoms with van der Waals surface area (Å²) in [6.45, 7) is 0. The Morgan fingerprint density at radius 1 is 0.248 bits per heavy atom. The number of nitrogens with zero attached hydrogens (tertiary/aromatic N) is 5. The number of rotatable bonds is 5. The van der Waals surface area contributed by atoms with E-state index in [1.807, 2.05) is 12.1 Å². The molecule has 4 aliphatic carbocycles. The Bertz CT molecular complexity index is 6150. The van der Waals surface area contributed by atoms with Gasteiger partial charge in [-0.15, -0.1) is 0 Å². The molecule has 4 heterocycles. The Morgan fingerprint density at radius 3 is 0.941 bits per heavy atom. The van der Waals surface area contributed by atoms with Crippen LogP contribution in [0.1, 0.15) is 44.5 Å². The van der Waals surface area contributed by atoms with Crippen molar-refractivity contribution in [3.8, 4) is 95.7 Å². The van der Waals surface area contributed by atoms with E-state index in [0.717, 1.165) is 78.0 Å². The van der Waals surface area contributed by atoms with Gasteiger partial charge >= 0.3 is 0 Å². The first-order chi connectivity index (χ1) is 50.0. The standard InChI is InChI=1S/C47H29N3.C35H21BrN2.C12H9N/c1-2-14-30(15-3-1)44-43-45(37-20-6-11-23-40(37)47(43)38-21-9-4-16-33(38)34-17-5-10-22-39(34)47)49-46(48-44)31-26-28-32(29-27-31)50-41-24-12-7-18-35(41)36-19-8-13-25-42(36)50;36-24-20-18-23(19-21-24)34-37-32(22-10-2-1-3-11-22)31-33(38-34)27-14-6-9-17-30(27)35(31)28-15-7-4-12-25(28)26-13-5-8-16-29(26)35;1-3-7-11-9(5-1)10-6-2-4-8-12(10)13-11/h1-29H;1-21H;1-8,13H. The van der Waals surface area contributed by atoms with Crippen LogP contribution in [0, 0.1) is 0 Å². The summed E-state index contributed by atoms with van der Waals surface area (Å²) < 4.78 is 3.39. The number of H-pyrrole nitrogens is 1. The minimum absolute atomic E-state index is 0.484. The molecule has 4 aromatic heterocycles. The van der Waals surface area contributed by atoms with Crippen molar-refractivity contribution in [2.24, 2.45) is 0 Å². The molecule has 0 unspecified atom stereocenters. The van der Waals surface area contributed by atoms with Crippen molar-refractivity contribution >= 4 is 59.5 Å². The lowest BCUT2D eigenvalue weighted by Crippen LogP contribution is -2.27. The highest BCUT2D eigenvalue weighted by Crippen LogP contribution is 2.66. The average Bonchev–Trinajstić information content (AvgIpc) is 1.51. The predicted molar refractivity (Wildman–Crippen MR) is 416 cm³/mol. The quantitative estimate of drug-likeness (QED) is 0.186. The highest BCUT2D eigenvalue weighted by atomic mass is 79.9. The fourth-order valence-electron chi connectivity index (χ4n) is 17.1. The number of benzene rings is 14. The molecule has 0 radical (unpaired) electrons. The average molecular weight is 1350 g/mol. The molecular weight excluding hydrogens is 1290 g/mol. The van der Waals surface area contributed by atoms with E-state index in [-0.39, 0.29) is 0 Å². The lowest BCUT2D eigenvalue weighted by atomic mass is 9.69. The molecule has 7 heteroatoms. The van der Waals surface area contributed by atoms with Gasteiger partial charge in [0.15, 0.2) is 11.6 Å². The monoisotopic (exact) mass is 1350 g/mol. The number of aromatic amines is 1. The molecule has 1 N–H and O–H groups in total. The molecule has 101 heavy (non-hydrogen) atoms. The second-order valence-electron chi connectivity index (χ2n) is 26.4. The number of fused-ring (bicyclic) bond motifs is 26. The molecule has 14 aromatic carbocycles. The van der Waals surface area contributed by atoms with Crippen LogP contribution in [0.25, 0.3) is 139 Å². The molecule has 0 aliphatic heterocycles.